The summed E-state index contributed by atoms with van der Waals surface area (Å²) in [6, 6.07) is 18.5. The molecule has 0 aromatic heterocycles. The molecule has 0 spiro atoms. The van der Waals surface area contributed by atoms with Gasteiger partial charge in [-0.15, -0.1) is 0 Å². The number of halogens is 3. The second-order valence-corrected chi connectivity index (χ2v) is 9.27. The van der Waals surface area contributed by atoms with Crippen molar-refractivity contribution in [2.45, 2.75) is 13.2 Å². The summed E-state index contributed by atoms with van der Waals surface area (Å²) in [5.74, 6) is -0.162. The van der Waals surface area contributed by atoms with Crippen LogP contribution in [-0.2, 0) is 17.9 Å². The Hall–Kier alpha value is -2.61. The third-order valence-electron chi connectivity index (χ3n) is 4.73. The van der Waals surface area contributed by atoms with Crippen LogP contribution in [0.25, 0.3) is 6.08 Å². The molecule has 3 aromatic carbocycles. The summed E-state index contributed by atoms with van der Waals surface area (Å²) < 4.78 is 19.8. The molecule has 1 heterocycles. The third-order valence-corrected chi connectivity index (χ3v) is 6.50. The maximum atomic E-state index is 13.1. The van der Waals surface area contributed by atoms with Crippen molar-refractivity contribution < 1.29 is 18.7 Å². The van der Waals surface area contributed by atoms with Crippen LogP contribution >= 0.6 is 39.3 Å². The SMILES string of the molecule is O=C1S/C(=C\c2cc(Br)ccc2OCc2ccc(F)cc2)C(=O)N1Cc1ccccc1Cl. The number of hydrogen-bond acceptors (Lipinski definition) is 4. The van der Waals surface area contributed by atoms with Crippen molar-refractivity contribution in [1.82, 2.24) is 4.90 Å². The van der Waals surface area contributed by atoms with Crippen molar-refractivity contribution in [3.8, 4) is 5.75 Å². The van der Waals surface area contributed by atoms with Gasteiger partial charge in [0.2, 0.25) is 0 Å². The van der Waals surface area contributed by atoms with Crippen LogP contribution in [0.2, 0.25) is 5.02 Å². The Morgan fingerprint density at radius 2 is 1.81 bits per heavy atom. The minimum absolute atomic E-state index is 0.105. The minimum Gasteiger partial charge on any atom is -0.488 e. The highest BCUT2D eigenvalue weighted by Gasteiger charge is 2.35. The van der Waals surface area contributed by atoms with Gasteiger partial charge in [0, 0.05) is 15.1 Å². The van der Waals surface area contributed by atoms with Gasteiger partial charge in [-0.05, 0) is 65.4 Å². The van der Waals surface area contributed by atoms with Gasteiger partial charge >= 0.3 is 0 Å². The molecule has 0 aliphatic carbocycles. The number of amides is 2. The first-order valence-corrected chi connectivity index (χ1v) is 11.5. The first kappa shape index (κ1) is 22.6. The van der Waals surface area contributed by atoms with E-state index in [1.54, 1.807) is 42.5 Å². The van der Waals surface area contributed by atoms with Crippen LogP contribution in [0.1, 0.15) is 16.7 Å². The Bertz CT molecular complexity index is 1220. The van der Waals surface area contributed by atoms with Crippen LogP contribution in [0.4, 0.5) is 9.18 Å². The molecule has 0 radical (unpaired) electrons. The highest BCUT2D eigenvalue weighted by molar-refractivity contribution is 9.10. The molecule has 162 valence electrons. The van der Waals surface area contributed by atoms with Gasteiger partial charge < -0.3 is 4.74 Å². The van der Waals surface area contributed by atoms with E-state index in [2.05, 4.69) is 15.9 Å². The van der Waals surface area contributed by atoms with Gasteiger partial charge in [-0.3, -0.25) is 14.5 Å². The predicted octanol–water partition coefficient (Wildman–Crippen LogP) is 7.06. The van der Waals surface area contributed by atoms with E-state index >= 15 is 0 Å². The highest BCUT2D eigenvalue weighted by atomic mass is 79.9. The zero-order valence-electron chi connectivity index (χ0n) is 16.6. The Morgan fingerprint density at radius 1 is 1.06 bits per heavy atom. The largest absolute Gasteiger partial charge is 0.488 e. The molecular weight excluding hydrogens is 517 g/mol. The predicted molar refractivity (Wildman–Crippen MR) is 128 cm³/mol. The summed E-state index contributed by atoms with van der Waals surface area (Å²) in [7, 11) is 0. The van der Waals surface area contributed by atoms with Gasteiger partial charge in [-0.1, -0.05) is 57.9 Å². The second kappa shape index (κ2) is 9.90. The van der Waals surface area contributed by atoms with Crippen molar-refractivity contribution in [2.24, 2.45) is 0 Å². The molecule has 0 saturated carbocycles. The minimum atomic E-state index is -0.385. The van der Waals surface area contributed by atoms with Crippen molar-refractivity contribution in [3.05, 3.63) is 104 Å². The molecule has 1 saturated heterocycles. The van der Waals surface area contributed by atoms with Gasteiger partial charge in [0.1, 0.15) is 18.2 Å². The maximum absolute atomic E-state index is 13.1. The summed E-state index contributed by atoms with van der Waals surface area (Å²) in [6.45, 7) is 0.338. The number of imide groups is 1. The van der Waals surface area contributed by atoms with Crippen molar-refractivity contribution in [3.63, 3.8) is 0 Å². The lowest BCUT2D eigenvalue weighted by Crippen LogP contribution is -2.27. The quantitative estimate of drug-likeness (QED) is 0.319. The molecule has 1 aliphatic heterocycles. The number of ether oxygens (including phenoxy) is 1. The summed E-state index contributed by atoms with van der Waals surface area (Å²) in [5, 5.41) is 0.143. The second-order valence-electron chi connectivity index (χ2n) is 6.96. The Kier molecular flexibility index (Phi) is 6.98. The van der Waals surface area contributed by atoms with E-state index in [1.165, 1.54) is 17.0 Å². The first-order valence-electron chi connectivity index (χ1n) is 9.56. The summed E-state index contributed by atoms with van der Waals surface area (Å²) in [4.78, 5) is 26.9. The molecule has 1 fully saturated rings. The Morgan fingerprint density at radius 3 is 2.56 bits per heavy atom. The molecule has 1 aliphatic rings. The van der Waals surface area contributed by atoms with E-state index in [-0.39, 0.29) is 30.1 Å². The fraction of sp³-hybridized carbons (Fsp3) is 0.0833. The average molecular weight is 533 g/mol. The van der Waals surface area contributed by atoms with E-state index in [1.807, 2.05) is 18.2 Å². The Balaban J connectivity index is 1.55. The fourth-order valence-electron chi connectivity index (χ4n) is 3.08. The molecule has 0 N–H and O–H groups in total. The number of nitrogens with zero attached hydrogens (tertiary/aromatic N) is 1. The van der Waals surface area contributed by atoms with Crippen LogP contribution in [0, 0.1) is 5.82 Å². The number of thioether (sulfide) groups is 1. The summed E-state index contributed by atoms with van der Waals surface area (Å²) >= 11 is 10.5. The molecule has 3 aromatic rings. The average Bonchev–Trinajstić information content (AvgIpc) is 3.03. The zero-order chi connectivity index (χ0) is 22.7. The lowest BCUT2D eigenvalue weighted by molar-refractivity contribution is -0.123. The van der Waals surface area contributed by atoms with Gasteiger partial charge in [-0.2, -0.15) is 0 Å². The van der Waals surface area contributed by atoms with E-state index in [9.17, 15) is 14.0 Å². The monoisotopic (exact) mass is 531 g/mol. The number of carbonyl (C=O) groups excluding carboxylic acids is 2. The van der Waals surface area contributed by atoms with E-state index in [4.69, 9.17) is 16.3 Å². The van der Waals surface area contributed by atoms with Gasteiger partial charge in [-0.25, -0.2) is 4.39 Å². The van der Waals surface area contributed by atoms with Crippen molar-refractivity contribution in [2.75, 3.05) is 0 Å². The standard InChI is InChI=1S/C24H16BrClFNO3S/c25-18-7-10-21(31-14-15-5-8-19(27)9-6-15)17(11-18)12-22-23(29)28(24(30)32-22)13-16-3-1-2-4-20(16)26/h1-12H,13-14H2/b22-12-. The fourth-order valence-corrected chi connectivity index (χ4v) is 4.48. The van der Waals surface area contributed by atoms with Gasteiger partial charge in [0.15, 0.2) is 0 Å². The summed E-state index contributed by atoms with van der Waals surface area (Å²) in [5.41, 5.74) is 2.15. The number of carbonyl (C=O) groups is 2. The first-order chi connectivity index (χ1) is 15.4. The van der Waals surface area contributed by atoms with Crippen molar-refractivity contribution in [1.29, 1.82) is 0 Å². The highest BCUT2D eigenvalue weighted by Crippen LogP contribution is 2.36. The third kappa shape index (κ3) is 5.23. The van der Waals surface area contributed by atoms with E-state index in [0.717, 1.165) is 21.8 Å². The lowest BCUT2D eigenvalue weighted by atomic mass is 10.1. The lowest BCUT2D eigenvalue weighted by Gasteiger charge is -2.13. The van der Waals surface area contributed by atoms with Crippen LogP contribution in [0.3, 0.4) is 0 Å². The molecular formula is C24H16BrClFNO3S. The number of benzene rings is 3. The molecule has 0 unspecified atom stereocenters. The molecule has 2 amide bonds. The van der Waals surface area contributed by atoms with E-state index in [0.29, 0.717) is 26.8 Å². The normalized spacial score (nSPS) is 15.0. The van der Waals surface area contributed by atoms with Crippen LogP contribution in [0.5, 0.6) is 5.75 Å². The van der Waals surface area contributed by atoms with Crippen molar-refractivity contribution >= 4 is 56.5 Å². The smallest absolute Gasteiger partial charge is 0.293 e. The number of rotatable bonds is 6. The van der Waals surface area contributed by atoms with Crippen LogP contribution in [0.15, 0.2) is 76.1 Å². The maximum Gasteiger partial charge on any atom is 0.293 e. The van der Waals surface area contributed by atoms with Crippen LogP contribution in [-0.4, -0.2) is 16.0 Å². The topological polar surface area (TPSA) is 46.6 Å². The summed E-state index contributed by atoms with van der Waals surface area (Å²) in [6.07, 6.45) is 1.64. The number of hydrogen-bond donors (Lipinski definition) is 0. The van der Waals surface area contributed by atoms with Crippen LogP contribution < -0.4 is 4.74 Å². The molecule has 0 atom stereocenters. The van der Waals surface area contributed by atoms with E-state index < -0.39 is 0 Å². The molecule has 4 nitrogen and oxygen atoms in total. The molecule has 0 bridgehead atoms. The molecule has 32 heavy (non-hydrogen) atoms. The zero-order valence-corrected chi connectivity index (χ0v) is 19.7. The Labute approximate surface area is 202 Å². The van der Waals surface area contributed by atoms with Gasteiger partial charge in [0.05, 0.1) is 11.4 Å². The molecule has 8 heteroatoms. The molecule has 4 rings (SSSR count). The van der Waals surface area contributed by atoms with Gasteiger partial charge in [0.25, 0.3) is 11.1 Å².